The quantitative estimate of drug-likeness (QED) is 0.468. The Balaban J connectivity index is 1.97. The fourth-order valence-corrected chi connectivity index (χ4v) is 2.28. The summed E-state index contributed by atoms with van der Waals surface area (Å²) in [7, 11) is 1.71. The van der Waals surface area contributed by atoms with Crippen molar-refractivity contribution in [2.75, 3.05) is 59.8 Å². The number of para-hydroxylation sites is 1. The van der Waals surface area contributed by atoms with Gasteiger partial charge in [0, 0.05) is 19.1 Å². The van der Waals surface area contributed by atoms with Crippen LogP contribution in [0, 0.1) is 0 Å². The number of ether oxygens (including phenoxy) is 4. The maximum atomic E-state index is 5.53. The lowest BCUT2D eigenvalue weighted by molar-refractivity contribution is 0.0163. The number of hydrogen-bond acceptors (Lipinski definition) is 6. The molecule has 0 aliphatic heterocycles. The molecule has 0 amide bonds. The van der Waals surface area contributed by atoms with Gasteiger partial charge in [-0.1, -0.05) is 18.2 Å². The van der Waals surface area contributed by atoms with Crippen LogP contribution in [0.1, 0.15) is 12.5 Å². The highest BCUT2D eigenvalue weighted by molar-refractivity contribution is 5.33. The normalized spacial score (nSPS) is 12.3. The molecule has 0 saturated carbocycles. The average molecular weight is 340 g/mol. The minimum Gasteiger partial charge on any atom is -0.496 e. The zero-order chi connectivity index (χ0) is 17.5. The van der Waals surface area contributed by atoms with Gasteiger partial charge in [0.2, 0.25) is 0 Å². The molecule has 1 rings (SSSR count). The summed E-state index contributed by atoms with van der Waals surface area (Å²) in [4.78, 5) is 0. The number of nitrogens with one attached hydrogen (secondary N) is 1. The van der Waals surface area contributed by atoms with E-state index in [0.29, 0.717) is 52.2 Å². The topological polar surface area (TPSA) is 75.0 Å². The molecule has 1 aromatic carbocycles. The molecule has 138 valence electrons. The van der Waals surface area contributed by atoms with Gasteiger partial charge in [0.1, 0.15) is 5.75 Å². The first-order valence-corrected chi connectivity index (χ1v) is 8.56. The SMILES string of the molecule is COc1ccccc1CC(C)NCCOCCOCCOCCN. The number of rotatable bonds is 15. The summed E-state index contributed by atoms with van der Waals surface area (Å²) in [5.41, 5.74) is 6.53. The van der Waals surface area contributed by atoms with Crippen molar-refractivity contribution in [3.8, 4) is 5.75 Å². The van der Waals surface area contributed by atoms with Gasteiger partial charge < -0.3 is 30.0 Å². The Hall–Kier alpha value is -1.18. The standard InChI is InChI=1S/C18H32N2O4/c1-16(15-17-5-3-4-6-18(17)21-2)20-8-10-23-12-14-24-13-11-22-9-7-19/h3-6,16,20H,7-15,19H2,1-2H3. The van der Waals surface area contributed by atoms with Gasteiger partial charge in [0.15, 0.2) is 0 Å². The predicted molar refractivity (Wildman–Crippen MR) is 95.7 cm³/mol. The van der Waals surface area contributed by atoms with E-state index in [2.05, 4.69) is 18.3 Å². The first-order chi connectivity index (χ1) is 11.8. The van der Waals surface area contributed by atoms with Crippen molar-refractivity contribution < 1.29 is 18.9 Å². The van der Waals surface area contributed by atoms with Gasteiger partial charge in [-0.15, -0.1) is 0 Å². The van der Waals surface area contributed by atoms with Gasteiger partial charge in [-0.05, 0) is 25.0 Å². The second kappa shape index (κ2) is 14.2. The molecule has 1 atom stereocenters. The van der Waals surface area contributed by atoms with Crippen LogP contribution in [-0.2, 0) is 20.6 Å². The van der Waals surface area contributed by atoms with E-state index < -0.39 is 0 Å². The average Bonchev–Trinajstić information content (AvgIpc) is 2.60. The number of hydrogen-bond donors (Lipinski definition) is 2. The molecule has 6 nitrogen and oxygen atoms in total. The summed E-state index contributed by atoms with van der Waals surface area (Å²) in [5.74, 6) is 0.940. The van der Waals surface area contributed by atoms with E-state index in [1.165, 1.54) is 5.56 Å². The Morgan fingerprint density at radius 1 is 0.958 bits per heavy atom. The summed E-state index contributed by atoms with van der Waals surface area (Å²) in [6.07, 6.45) is 0.927. The largest absolute Gasteiger partial charge is 0.496 e. The molecule has 0 heterocycles. The molecular weight excluding hydrogens is 308 g/mol. The smallest absolute Gasteiger partial charge is 0.122 e. The molecule has 0 aromatic heterocycles. The van der Waals surface area contributed by atoms with Crippen LogP contribution in [-0.4, -0.2) is 65.9 Å². The lowest BCUT2D eigenvalue weighted by atomic mass is 10.1. The van der Waals surface area contributed by atoms with Gasteiger partial charge in [-0.3, -0.25) is 0 Å². The molecular formula is C18H32N2O4. The minimum absolute atomic E-state index is 0.362. The highest BCUT2D eigenvalue weighted by Crippen LogP contribution is 2.18. The number of methoxy groups -OCH3 is 1. The van der Waals surface area contributed by atoms with Crippen molar-refractivity contribution >= 4 is 0 Å². The van der Waals surface area contributed by atoms with E-state index in [1.54, 1.807) is 7.11 Å². The second-order valence-corrected chi connectivity index (χ2v) is 5.50. The van der Waals surface area contributed by atoms with Crippen LogP contribution in [0.25, 0.3) is 0 Å². The highest BCUT2D eigenvalue weighted by atomic mass is 16.5. The molecule has 0 saturated heterocycles. The summed E-state index contributed by atoms with van der Waals surface area (Å²) in [6, 6.07) is 8.48. The van der Waals surface area contributed by atoms with E-state index in [0.717, 1.165) is 18.7 Å². The Morgan fingerprint density at radius 3 is 2.25 bits per heavy atom. The van der Waals surface area contributed by atoms with Crippen LogP contribution in [0.3, 0.4) is 0 Å². The van der Waals surface area contributed by atoms with Crippen LogP contribution in [0.2, 0.25) is 0 Å². The molecule has 6 heteroatoms. The highest BCUT2D eigenvalue weighted by Gasteiger charge is 2.07. The maximum Gasteiger partial charge on any atom is 0.122 e. The Kier molecular flexibility index (Phi) is 12.3. The van der Waals surface area contributed by atoms with Crippen LogP contribution in [0.15, 0.2) is 24.3 Å². The van der Waals surface area contributed by atoms with E-state index >= 15 is 0 Å². The third kappa shape index (κ3) is 9.85. The summed E-state index contributed by atoms with van der Waals surface area (Å²) in [6.45, 7) is 7.12. The van der Waals surface area contributed by atoms with Gasteiger partial charge in [-0.2, -0.15) is 0 Å². The molecule has 0 aliphatic carbocycles. The third-order valence-electron chi connectivity index (χ3n) is 3.46. The molecule has 3 N–H and O–H groups in total. The number of benzene rings is 1. The van der Waals surface area contributed by atoms with E-state index in [4.69, 9.17) is 24.7 Å². The van der Waals surface area contributed by atoms with Crippen molar-refractivity contribution in [2.45, 2.75) is 19.4 Å². The van der Waals surface area contributed by atoms with Crippen LogP contribution >= 0.6 is 0 Å². The van der Waals surface area contributed by atoms with Gasteiger partial charge in [-0.25, -0.2) is 0 Å². The van der Waals surface area contributed by atoms with E-state index in [9.17, 15) is 0 Å². The first kappa shape index (κ1) is 20.9. The van der Waals surface area contributed by atoms with E-state index in [-0.39, 0.29) is 0 Å². The van der Waals surface area contributed by atoms with E-state index in [1.807, 2.05) is 18.2 Å². The molecule has 1 aromatic rings. The van der Waals surface area contributed by atoms with Crippen LogP contribution in [0.5, 0.6) is 5.75 Å². The van der Waals surface area contributed by atoms with Gasteiger partial charge in [0.05, 0.1) is 46.8 Å². The second-order valence-electron chi connectivity index (χ2n) is 5.50. The summed E-state index contributed by atoms with van der Waals surface area (Å²) >= 11 is 0. The fraction of sp³-hybridized carbons (Fsp3) is 0.667. The summed E-state index contributed by atoms with van der Waals surface area (Å²) in [5, 5.41) is 3.45. The lowest BCUT2D eigenvalue weighted by Gasteiger charge is -2.16. The molecule has 24 heavy (non-hydrogen) atoms. The molecule has 0 spiro atoms. The van der Waals surface area contributed by atoms with Crippen molar-refractivity contribution in [2.24, 2.45) is 5.73 Å². The van der Waals surface area contributed by atoms with Gasteiger partial charge in [0.25, 0.3) is 0 Å². The maximum absolute atomic E-state index is 5.53. The van der Waals surface area contributed by atoms with Crippen LogP contribution < -0.4 is 15.8 Å². The van der Waals surface area contributed by atoms with Crippen molar-refractivity contribution in [3.05, 3.63) is 29.8 Å². The number of nitrogens with two attached hydrogens (primary N) is 1. The lowest BCUT2D eigenvalue weighted by Crippen LogP contribution is -2.31. The minimum atomic E-state index is 0.362. The fourth-order valence-electron chi connectivity index (χ4n) is 2.28. The Morgan fingerprint density at radius 2 is 1.58 bits per heavy atom. The van der Waals surface area contributed by atoms with Crippen molar-refractivity contribution in [3.63, 3.8) is 0 Å². The summed E-state index contributed by atoms with van der Waals surface area (Å²) < 4.78 is 21.5. The van der Waals surface area contributed by atoms with Crippen molar-refractivity contribution in [1.82, 2.24) is 5.32 Å². The molecule has 0 radical (unpaired) electrons. The third-order valence-corrected chi connectivity index (χ3v) is 3.46. The molecule has 0 aliphatic rings. The zero-order valence-corrected chi connectivity index (χ0v) is 15.0. The van der Waals surface area contributed by atoms with Crippen molar-refractivity contribution in [1.29, 1.82) is 0 Å². The molecule has 0 fully saturated rings. The Bertz CT molecular complexity index is 418. The predicted octanol–water partition coefficient (Wildman–Crippen LogP) is 1.22. The monoisotopic (exact) mass is 340 g/mol. The molecule has 0 bridgehead atoms. The molecule has 1 unspecified atom stereocenters. The zero-order valence-electron chi connectivity index (χ0n) is 15.0. The Labute approximate surface area is 145 Å². The van der Waals surface area contributed by atoms with Gasteiger partial charge >= 0.3 is 0 Å². The first-order valence-electron chi connectivity index (χ1n) is 8.56. The van der Waals surface area contributed by atoms with Crippen LogP contribution in [0.4, 0.5) is 0 Å².